The van der Waals surface area contributed by atoms with Gasteiger partial charge in [-0.1, -0.05) is 55.5 Å². The number of benzene rings is 3. The maximum atomic E-state index is 12.1. The summed E-state index contributed by atoms with van der Waals surface area (Å²) in [5.74, 6) is 0.210. The van der Waals surface area contributed by atoms with Crippen LogP contribution in [-0.4, -0.2) is 24.1 Å². The van der Waals surface area contributed by atoms with Gasteiger partial charge in [-0.25, -0.2) is 8.42 Å². The topological polar surface area (TPSA) is 62.8 Å². The average Bonchev–Trinajstić information content (AvgIpc) is 3.11. The highest BCUT2D eigenvalue weighted by Gasteiger charge is 2.15. The van der Waals surface area contributed by atoms with E-state index in [0.29, 0.717) is 0 Å². The molecule has 2 heterocycles. The highest BCUT2D eigenvalue weighted by Crippen LogP contribution is 2.35. The standard InChI is InChI=1S/C24H20N2O2S/c1-2-29(27,28)15-16-10-11-22-21(14-16)20-12-13-25-23(24(20)26-22)19-9-5-7-17-6-3-4-8-18(17)19/h3-14,26H,2,15H2,1H3. The molecule has 5 heteroatoms. The third-order valence-corrected chi connectivity index (χ3v) is 7.11. The minimum Gasteiger partial charge on any atom is -0.353 e. The van der Waals surface area contributed by atoms with E-state index < -0.39 is 9.84 Å². The van der Waals surface area contributed by atoms with Crippen LogP contribution < -0.4 is 0 Å². The van der Waals surface area contributed by atoms with Crippen LogP contribution in [0.4, 0.5) is 0 Å². The zero-order valence-corrected chi connectivity index (χ0v) is 16.8. The molecule has 0 spiro atoms. The molecule has 144 valence electrons. The Balaban J connectivity index is 1.74. The van der Waals surface area contributed by atoms with Gasteiger partial charge in [-0.05, 0) is 34.5 Å². The zero-order valence-electron chi connectivity index (χ0n) is 16.0. The molecule has 0 atom stereocenters. The number of aromatic amines is 1. The Morgan fingerprint density at radius 3 is 2.59 bits per heavy atom. The van der Waals surface area contributed by atoms with Gasteiger partial charge in [-0.15, -0.1) is 0 Å². The third-order valence-electron chi connectivity index (χ3n) is 5.46. The molecule has 4 nitrogen and oxygen atoms in total. The summed E-state index contributed by atoms with van der Waals surface area (Å²) in [5, 5.41) is 4.40. The van der Waals surface area contributed by atoms with Crippen molar-refractivity contribution in [2.24, 2.45) is 0 Å². The van der Waals surface area contributed by atoms with Crippen LogP contribution in [0.15, 0.2) is 72.9 Å². The normalized spacial score (nSPS) is 12.2. The molecule has 0 saturated heterocycles. The summed E-state index contributed by atoms with van der Waals surface area (Å²) in [6.45, 7) is 1.68. The number of pyridine rings is 1. The fourth-order valence-corrected chi connectivity index (χ4v) is 4.84. The minimum absolute atomic E-state index is 0.0629. The summed E-state index contributed by atoms with van der Waals surface area (Å²) in [6.07, 6.45) is 1.82. The van der Waals surface area contributed by atoms with Crippen molar-refractivity contribution < 1.29 is 8.42 Å². The Hall–Kier alpha value is -3.18. The molecular weight excluding hydrogens is 380 g/mol. The fraction of sp³-hybridized carbons (Fsp3) is 0.125. The Bertz CT molecular complexity index is 1480. The Morgan fingerprint density at radius 2 is 1.72 bits per heavy atom. The molecule has 0 aliphatic carbocycles. The highest BCUT2D eigenvalue weighted by molar-refractivity contribution is 7.90. The number of hydrogen-bond donors (Lipinski definition) is 1. The Kier molecular flexibility index (Phi) is 4.14. The molecule has 0 aliphatic rings. The number of nitrogens with one attached hydrogen (secondary N) is 1. The number of sulfone groups is 1. The SMILES string of the molecule is CCS(=O)(=O)Cc1ccc2[nH]c3c(-c4cccc5ccccc45)nccc3c2c1. The van der Waals surface area contributed by atoms with Gasteiger partial charge in [0.15, 0.2) is 9.84 Å². The first-order chi connectivity index (χ1) is 14.1. The van der Waals surface area contributed by atoms with Crippen molar-refractivity contribution in [1.82, 2.24) is 9.97 Å². The molecule has 0 aliphatic heterocycles. The summed E-state index contributed by atoms with van der Waals surface area (Å²) >= 11 is 0. The molecule has 0 radical (unpaired) electrons. The van der Waals surface area contributed by atoms with E-state index in [9.17, 15) is 8.42 Å². The highest BCUT2D eigenvalue weighted by atomic mass is 32.2. The second-order valence-electron chi connectivity index (χ2n) is 7.29. The van der Waals surface area contributed by atoms with Crippen molar-refractivity contribution in [2.45, 2.75) is 12.7 Å². The van der Waals surface area contributed by atoms with Crippen LogP contribution in [0.1, 0.15) is 12.5 Å². The van der Waals surface area contributed by atoms with E-state index >= 15 is 0 Å². The molecule has 0 saturated carbocycles. The van der Waals surface area contributed by atoms with Crippen LogP contribution in [0.25, 0.3) is 43.8 Å². The molecule has 1 N–H and O–H groups in total. The van der Waals surface area contributed by atoms with Crippen LogP contribution in [-0.2, 0) is 15.6 Å². The number of rotatable bonds is 4. The van der Waals surface area contributed by atoms with Gasteiger partial charge in [0.1, 0.15) is 0 Å². The van der Waals surface area contributed by atoms with Crippen LogP contribution in [0.2, 0.25) is 0 Å². The van der Waals surface area contributed by atoms with E-state index in [0.717, 1.165) is 44.0 Å². The molecule has 0 bridgehead atoms. The fourth-order valence-electron chi connectivity index (χ4n) is 3.95. The largest absolute Gasteiger partial charge is 0.353 e. The van der Waals surface area contributed by atoms with Crippen molar-refractivity contribution in [3.63, 3.8) is 0 Å². The third kappa shape index (κ3) is 3.08. The zero-order chi connectivity index (χ0) is 20.0. The van der Waals surface area contributed by atoms with Crippen molar-refractivity contribution in [3.05, 3.63) is 78.5 Å². The first kappa shape index (κ1) is 17.9. The lowest BCUT2D eigenvalue weighted by atomic mass is 10.0. The van der Waals surface area contributed by atoms with Crippen LogP contribution in [0, 0.1) is 0 Å². The summed E-state index contributed by atoms with van der Waals surface area (Å²) in [6, 6.07) is 22.3. The molecule has 2 aromatic heterocycles. The van der Waals surface area contributed by atoms with Gasteiger partial charge in [-0.2, -0.15) is 0 Å². The maximum absolute atomic E-state index is 12.1. The molecule has 5 rings (SSSR count). The van der Waals surface area contributed by atoms with E-state index in [1.54, 1.807) is 6.92 Å². The quantitative estimate of drug-likeness (QED) is 0.435. The molecule has 0 unspecified atom stereocenters. The van der Waals surface area contributed by atoms with Crippen molar-refractivity contribution in [3.8, 4) is 11.3 Å². The molecule has 3 aromatic carbocycles. The van der Waals surface area contributed by atoms with Crippen LogP contribution in [0.5, 0.6) is 0 Å². The summed E-state index contributed by atoms with van der Waals surface area (Å²) in [4.78, 5) is 8.19. The van der Waals surface area contributed by atoms with E-state index in [-0.39, 0.29) is 11.5 Å². The van der Waals surface area contributed by atoms with Gasteiger partial charge >= 0.3 is 0 Å². The molecule has 5 aromatic rings. The van der Waals surface area contributed by atoms with Gasteiger partial charge < -0.3 is 4.98 Å². The molecule has 29 heavy (non-hydrogen) atoms. The first-order valence-corrected chi connectivity index (χ1v) is 11.5. The van der Waals surface area contributed by atoms with Crippen molar-refractivity contribution in [1.29, 1.82) is 0 Å². The number of fused-ring (bicyclic) bond motifs is 4. The molecular formula is C24H20N2O2S. The van der Waals surface area contributed by atoms with Crippen LogP contribution in [0.3, 0.4) is 0 Å². The number of nitrogens with zero attached hydrogens (tertiary/aromatic N) is 1. The summed E-state index contributed by atoms with van der Waals surface area (Å²) in [7, 11) is -3.08. The lowest BCUT2D eigenvalue weighted by Crippen LogP contribution is -2.06. The summed E-state index contributed by atoms with van der Waals surface area (Å²) < 4.78 is 24.1. The molecule has 0 amide bonds. The molecule has 0 fully saturated rings. The van der Waals surface area contributed by atoms with E-state index in [1.807, 2.05) is 42.6 Å². The minimum atomic E-state index is -3.08. The van der Waals surface area contributed by atoms with E-state index in [1.165, 1.54) is 5.39 Å². The predicted octanol–water partition coefficient (Wildman–Crippen LogP) is 5.47. The van der Waals surface area contributed by atoms with Crippen molar-refractivity contribution in [2.75, 3.05) is 5.75 Å². The number of H-pyrrole nitrogens is 1. The predicted molar refractivity (Wildman–Crippen MR) is 120 cm³/mol. The van der Waals surface area contributed by atoms with Gasteiger partial charge in [0.05, 0.1) is 17.0 Å². The average molecular weight is 401 g/mol. The lowest BCUT2D eigenvalue weighted by molar-refractivity contribution is 0.596. The van der Waals surface area contributed by atoms with E-state index in [4.69, 9.17) is 4.98 Å². The number of aromatic nitrogens is 2. The Labute approximate surface area is 169 Å². The first-order valence-electron chi connectivity index (χ1n) is 9.63. The second kappa shape index (κ2) is 6.71. The maximum Gasteiger partial charge on any atom is 0.154 e. The van der Waals surface area contributed by atoms with Gasteiger partial charge in [0.2, 0.25) is 0 Å². The van der Waals surface area contributed by atoms with Crippen molar-refractivity contribution >= 4 is 42.4 Å². The lowest BCUT2D eigenvalue weighted by Gasteiger charge is -2.07. The van der Waals surface area contributed by atoms with Gasteiger partial charge in [0.25, 0.3) is 0 Å². The second-order valence-corrected chi connectivity index (χ2v) is 9.64. The van der Waals surface area contributed by atoms with Crippen LogP contribution >= 0.6 is 0 Å². The van der Waals surface area contributed by atoms with E-state index in [2.05, 4.69) is 35.3 Å². The Morgan fingerprint density at radius 1 is 0.897 bits per heavy atom. The van der Waals surface area contributed by atoms with Gasteiger partial charge in [0, 0.05) is 33.8 Å². The monoisotopic (exact) mass is 400 g/mol. The smallest absolute Gasteiger partial charge is 0.154 e. The summed E-state index contributed by atoms with van der Waals surface area (Å²) in [5.41, 5.74) is 4.73. The van der Waals surface area contributed by atoms with Gasteiger partial charge in [-0.3, -0.25) is 4.98 Å². The number of hydrogen-bond acceptors (Lipinski definition) is 3.